The number of hydrogen-bond acceptors (Lipinski definition) is 2. The molecule has 0 aliphatic carbocycles. The Hall–Kier alpha value is -2.69. The molecule has 1 aliphatic heterocycles. The van der Waals surface area contributed by atoms with Gasteiger partial charge in [-0.2, -0.15) is 0 Å². The first kappa shape index (κ1) is 15.2. The van der Waals surface area contributed by atoms with E-state index in [1.165, 1.54) is 12.1 Å². The van der Waals surface area contributed by atoms with Gasteiger partial charge in [-0.15, -0.1) is 0 Å². The molecule has 5 heteroatoms. The average Bonchev–Trinajstić information content (AvgIpc) is 2.85. The van der Waals surface area contributed by atoms with Crippen LogP contribution in [-0.2, 0) is 9.59 Å². The summed E-state index contributed by atoms with van der Waals surface area (Å²) in [6, 6.07) is 14.7. The first-order valence-electron chi connectivity index (χ1n) is 7.43. The van der Waals surface area contributed by atoms with Crippen LogP contribution in [0.2, 0.25) is 0 Å². The van der Waals surface area contributed by atoms with E-state index in [4.69, 9.17) is 0 Å². The number of carbonyl (C=O) groups is 2. The molecule has 2 atom stereocenters. The Morgan fingerprint density at radius 1 is 1.13 bits per heavy atom. The maximum atomic E-state index is 13.1. The van der Waals surface area contributed by atoms with Crippen LogP contribution >= 0.6 is 0 Å². The summed E-state index contributed by atoms with van der Waals surface area (Å²) in [6.45, 7) is 0. The first-order valence-corrected chi connectivity index (χ1v) is 7.43. The Labute approximate surface area is 133 Å². The van der Waals surface area contributed by atoms with E-state index in [-0.39, 0.29) is 30.1 Å². The Morgan fingerprint density at radius 2 is 1.78 bits per heavy atom. The van der Waals surface area contributed by atoms with Crippen molar-refractivity contribution in [1.29, 1.82) is 0 Å². The van der Waals surface area contributed by atoms with E-state index < -0.39 is 5.92 Å². The molecule has 0 aromatic heterocycles. The van der Waals surface area contributed by atoms with Gasteiger partial charge in [0.05, 0.1) is 12.0 Å². The molecule has 0 radical (unpaired) electrons. The van der Waals surface area contributed by atoms with Crippen LogP contribution in [0.4, 0.5) is 10.1 Å². The van der Waals surface area contributed by atoms with E-state index in [1.807, 2.05) is 18.2 Å². The molecule has 0 bridgehead atoms. The van der Waals surface area contributed by atoms with Crippen LogP contribution in [0.25, 0.3) is 0 Å². The number of nitrogens with zero attached hydrogens (tertiary/aromatic N) is 1. The lowest BCUT2D eigenvalue weighted by molar-refractivity contribution is -0.127. The molecule has 118 valence electrons. The number of hydrogen-bond donors (Lipinski definition) is 1. The van der Waals surface area contributed by atoms with Gasteiger partial charge < -0.3 is 10.2 Å². The molecule has 1 N–H and O–H groups in total. The summed E-state index contributed by atoms with van der Waals surface area (Å²) in [7, 11) is 1.67. The predicted octanol–water partition coefficient (Wildman–Crippen LogP) is 2.98. The SMILES string of the molecule is CN1C(=O)CC(C(=O)Nc2ccccc2)C1c1ccc(F)cc1. The summed E-state index contributed by atoms with van der Waals surface area (Å²) >= 11 is 0. The number of halogens is 1. The monoisotopic (exact) mass is 312 g/mol. The van der Waals surface area contributed by atoms with Gasteiger partial charge in [0.15, 0.2) is 0 Å². The van der Waals surface area contributed by atoms with Crippen molar-refractivity contribution in [2.24, 2.45) is 5.92 Å². The normalized spacial score (nSPS) is 20.6. The Kier molecular flexibility index (Phi) is 4.10. The number of amides is 2. The number of rotatable bonds is 3. The van der Waals surface area contributed by atoms with Crippen molar-refractivity contribution in [3.05, 3.63) is 66.0 Å². The molecule has 3 rings (SSSR count). The number of nitrogens with one attached hydrogen (secondary N) is 1. The highest BCUT2D eigenvalue weighted by molar-refractivity contribution is 5.97. The number of para-hydroxylation sites is 1. The van der Waals surface area contributed by atoms with Gasteiger partial charge in [-0.25, -0.2) is 4.39 Å². The molecular formula is C18H17FN2O2. The number of anilines is 1. The Morgan fingerprint density at radius 3 is 2.43 bits per heavy atom. The van der Waals surface area contributed by atoms with Crippen LogP contribution in [0.1, 0.15) is 18.0 Å². The van der Waals surface area contributed by atoms with Crippen molar-refractivity contribution in [3.63, 3.8) is 0 Å². The molecule has 0 saturated carbocycles. The minimum absolute atomic E-state index is 0.0902. The second-order valence-electron chi connectivity index (χ2n) is 5.67. The molecule has 0 spiro atoms. The molecule has 1 fully saturated rings. The van der Waals surface area contributed by atoms with Gasteiger partial charge in [-0.1, -0.05) is 30.3 Å². The number of carbonyl (C=O) groups excluding carboxylic acids is 2. The van der Waals surface area contributed by atoms with Gasteiger partial charge in [0.1, 0.15) is 5.82 Å². The highest BCUT2D eigenvalue weighted by Gasteiger charge is 2.42. The molecular weight excluding hydrogens is 295 g/mol. The fourth-order valence-corrected chi connectivity index (χ4v) is 2.98. The van der Waals surface area contributed by atoms with Crippen LogP contribution in [-0.4, -0.2) is 23.8 Å². The van der Waals surface area contributed by atoms with Crippen LogP contribution in [0.15, 0.2) is 54.6 Å². The molecule has 23 heavy (non-hydrogen) atoms. The minimum Gasteiger partial charge on any atom is -0.338 e. The van der Waals surface area contributed by atoms with Gasteiger partial charge in [0.2, 0.25) is 11.8 Å². The Bertz CT molecular complexity index is 716. The van der Waals surface area contributed by atoms with Crippen LogP contribution in [0.3, 0.4) is 0 Å². The summed E-state index contributed by atoms with van der Waals surface area (Å²) < 4.78 is 13.1. The molecule has 2 amide bonds. The van der Waals surface area contributed by atoms with Crippen molar-refractivity contribution >= 4 is 17.5 Å². The largest absolute Gasteiger partial charge is 0.338 e. The third-order valence-corrected chi connectivity index (χ3v) is 4.18. The minimum atomic E-state index is -0.502. The third kappa shape index (κ3) is 3.08. The van der Waals surface area contributed by atoms with Crippen LogP contribution < -0.4 is 5.32 Å². The van der Waals surface area contributed by atoms with Crippen molar-refractivity contribution in [2.75, 3.05) is 12.4 Å². The standard InChI is InChI=1S/C18H17FN2O2/c1-21-16(22)11-15(17(21)12-7-9-13(19)10-8-12)18(23)20-14-5-3-2-4-6-14/h2-10,15,17H,11H2,1H3,(H,20,23). The zero-order valence-corrected chi connectivity index (χ0v) is 12.7. The summed E-state index contributed by atoms with van der Waals surface area (Å²) in [4.78, 5) is 26.2. The van der Waals surface area contributed by atoms with Gasteiger partial charge in [0, 0.05) is 19.2 Å². The summed E-state index contributed by atoms with van der Waals surface area (Å²) in [5.74, 6) is -1.14. The Balaban J connectivity index is 1.85. The van der Waals surface area contributed by atoms with Gasteiger partial charge >= 0.3 is 0 Å². The van der Waals surface area contributed by atoms with Crippen LogP contribution in [0.5, 0.6) is 0 Å². The van der Waals surface area contributed by atoms with Gasteiger partial charge in [-0.05, 0) is 29.8 Å². The van der Waals surface area contributed by atoms with Crippen molar-refractivity contribution in [1.82, 2.24) is 4.90 Å². The highest BCUT2D eigenvalue weighted by Crippen LogP contribution is 2.37. The fourth-order valence-electron chi connectivity index (χ4n) is 2.98. The lowest BCUT2D eigenvalue weighted by Gasteiger charge is -2.25. The lowest BCUT2D eigenvalue weighted by atomic mass is 9.93. The summed E-state index contributed by atoms with van der Waals surface area (Å²) in [5, 5.41) is 2.84. The zero-order chi connectivity index (χ0) is 16.4. The highest BCUT2D eigenvalue weighted by atomic mass is 19.1. The second-order valence-corrected chi connectivity index (χ2v) is 5.67. The predicted molar refractivity (Wildman–Crippen MR) is 85.1 cm³/mol. The maximum Gasteiger partial charge on any atom is 0.230 e. The van der Waals surface area contributed by atoms with Crippen molar-refractivity contribution in [3.8, 4) is 0 Å². The first-order chi connectivity index (χ1) is 11.1. The molecule has 1 heterocycles. The fraction of sp³-hybridized carbons (Fsp3) is 0.222. The van der Waals surface area contributed by atoms with E-state index in [0.29, 0.717) is 5.69 Å². The molecule has 1 aliphatic rings. The van der Waals surface area contributed by atoms with Crippen LogP contribution in [0, 0.1) is 11.7 Å². The summed E-state index contributed by atoms with van der Waals surface area (Å²) in [6.07, 6.45) is 0.150. The van der Waals surface area contributed by atoms with Gasteiger partial charge in [-0.3, -0.25) is 9.59 Å². The van der Waals surface area contributed by atoms with E-state index >= 15 is 0 Å². The number of likely N-dealkylation sites (tertiary alicyclic amines) is 1. The van der Waals surface area contributed by atoms with E-state index in [2.05, 4.69) is 5.32 Å². The maximum absolute atomic E-state index is 13.1. The molecule has 2 unspecified atom stereocenters. The molecule has 2 aromatic carbocycles. The smallest absolute Gasteiger partial charge is 0.230 e. The van der Waals surface area contributed by atoms with E-state index in [9.17, 15) is 14.0 Å². The topological polar surface area (TPSA) is 49.4 Å². The molecule has 1 saturated heterocycles. The quantitative estimate of drug-likeness (QED) is 0.947. The number of benzene rings is 2. The molecule has 2 aromatic rings. The van der Waals surface area contributed by atoms with Crippen molar-refractivity contribution < 1.29 is 14.0 Å². The average molecular weight is 312 g/mol. The van der Waals surface area contributed by atoms with E-state index in [0.717, 1.165) is 5.56 Å². The lowest BCUT2D eigenvalue weighted by Crippen LogP contribution is -2.30. The van der Waals surface area contributed by atoms with Crippen molar-refractivity contribution in [2.45, 2.75) is 12.5 Å². The second kappa shape index (κ2) is 6.20. The van der Waals surface area contributed by atoms with Gasteiger partial charge in [0.25, 0.3) is 0 Å². The third-order valence-electron chi connectivity index (χ3n) is 4.18. The van der Waals surface area contributed by atoms with E-state index in [1.54, 1.807) is 36.2 Å². The zero-order valence-electron chi connectivity index (χ0n) is 12.7. The molecule has 4 nitrogen and oxygen atoms in total. The summed E-state index contributed by atoms with van der Waals surface area (Å²) in [5.41, 5.74) is 1.45.